The molecule has 3 aromatic rings. The highest BCUT2D eigenvalue weighted by molar-refractivity contribution is 7.93. The highest BCUT2D eigenvalue weighted by atomic mass is 32.2. The lowest BCUT2D eigenvalue weighted by molar-refractivity contribution is -0.387. The van der Waals surface area contributed by atoms with Crippen LogP contribution in [0.4, 0.5) is 17.1 Å². The Hall–Kier alpha value is -4.12. The zero-order chi connectivity index (χ0) is 24.9. The normalized spacial score (nSPS) is 10.9. The first-order valence-electron chi connectivity index (χ1n) is 10.0. The predicted octanol–water partition coefficient (Wildman–Crippen LogP) is 3.75. The second kappa shape index (κ2) is 10.2. The number of carbonyl (C=O) groups excluding carboxylic acids is 1. The van der Waals surface area contributed by atoms with E-state index in [4.69, 9.17) is 9.47 Å². The molecule has 3 aromatic carbocycles. The average molecular weight is 486 g/mol. The Balaban J connectivity index is 2.10. The first-order chi connectivity index (χ1) is 16.2. The number of aryl methyl sites for hydroxylation is 1. The number of nitrogens with zero attached hydrogens (tertiary/aromatic N) is 2. The third kappa shape index (κ3) is 5.26. The van der Waals surface area contributed by atoms with Gasteiger partial charge < -0.3 is 14.8 Å². The van der Waals surface area contributed by atoms with Gasteiger partial charge in [-0.15, -0.1) is 0 Å². The van der Waals surface area contributed by atoms with Gasteiger partial charge in [0.15, 0.2) is 4.90 Å². The van der Waals surface area contributed by atoms with E-state index in [1.54, 1.807) is 24.3 Å². The molecule has 34 heavy (non-hydrogen) atoms. The number of hydrogen-bond donors (Lipinski definition) is 1. The van der Waals surface area contributed by atoms with E-state index in [1.807, 2.05) is 6.92 Å². The maximum Gasteiger partial charge on any atom is 0.289 e. The number of para-hydroxylation sites is 1. The number of nitro benzene ring substituents is 1. The second-order valence-electron chi connectivity index (χ2n) is 7.19. The zero-order valence-electron chi connectivity index (χ0n) is 18.7. The number of benzene rings is 3. The van der Waals surface area contributed by atoms with Crippen LogP contribution in [0.2, 0.25) is 0 Å². The van der Waals surface area contributed by atoms with Crippen molar-refractivity contribution in [3.63, 3.8) is 0 Å². The molecule has 0 bridgehead atoms. The summed E-state index contributed by atoms with van der Waals surface area (Å²) in [6.45, 7) is 1.23. The maximum atomic E-state index is 13.7. The van der Waals surface area contributed by atoms with Crippen LogP contribution in [0.5, 0.6) is 11.5 Å². The minimum atomic E-state index is -4.57. The molecule has 3 rings (SSSR count). The molecular weight excluding hydrogens is 462 g/mol. The molecule has 0 aromatic heterocycles. The molecule has 11 heteroatoms. The van der Waals surface area contributed by atoms with E-state index in [1.165, 1.54) is 44.6 Å². The van der Waals surface area contributed by atoms with Gasteiger partial charge in [-0.2, -0.15) is 0 Å². The molecule has 0 heterocycles. The van der Waals surface area contributed by atoms with Crippen molar-refractivity contribution in [1.82, 2.24) is 0 Å². The molecule has 0 fully saturated rings. The van der Waals surface area contributed by atoms with E-state index in [0.717, 1.165) is 22.0 Å². The Morgan fingerprint density at radius 2 is 1.71 bits per heavy atom. The van der Waals surface area contributed by atoms with Gasteiger partial charge in [0, 0.05) is 17.8 Å². The van der Waals surface area contributed by atoms with Gasteiger partial charge in [0.1, 0.15) is 18.0 Å². The van der Waals surface area contributed by atoms with Crippen molar-refractivity contribution in [1.29, 1.82) is 0 Å². The average Bonchev–Trinajstić information content (AvgIpc) is 2.83. The van der Waals surface area contributed by atoms with Crippen molar-refractivity contribution in [3.8, 4) is 11.5 Å². The van der Waals surface area contributed by atoms with Crippen LogP contribution in [0, 0.1) is 17.0 Å². The summed E-state index contributed by atoms with van der Waals surface area (Å²) in [4.78, 5) is 23.1. The molecule has 0 spiro atoms. The summed E-state index contributed by atoms with van der Waals surface area (Å²) in [5.74, 6) is -0.152. The number of carbonyl (C=O) groups is 1. The van der Waals surface area contributed by atoms with Gasteiger partial charge in [0.2, 0.25) is 5.91 Å². The Morgan fingerprint density at radius 1 is 1.03 bits per heavy atom. The minimum Gasteiger partial charge on any atom is -0.497 e. The summed E-state index contributed by atoms with van der Waals surface area (Å²) in [6, 6.07) is 16.3. The number of methoxy groups -OCH3 is 2. The van der Waals surface area contributed by atoms with Crippen molar-refractivity contribution >= 4 is 33.0 Å². The van der Waals surface area contributed by atoms with Crippen LogP contribution >= 0.6 is 0 Å². The van der Waals surface area contributed by atoms with E-state index < -0.39 is 38.0 Å². The molecule has 0 radical (unpaired) electrons. The van der Waals surface area contributed by atoms with Crippen molar-refractivity contribution in [3.05, 3.63) is 82.4 Å². The lowest BCUT2D eigenvalue weighted by Gasteiger charge is -2.25. The van der Waals surface area contributed by atoms with Gasteiger partial charge in [-0.05, 0) is 37.3 Å². The lowest BCUT2D eigenvalue weighted by Crippen LogP contribution is -2.38. The van der Waals surface area contributed by atoms with Crippen LogP contribution in [-0.2, 0) is 14.8 Å². The number of sulfonamides is 1. The van der Waals surface area contributed by atoms with Crippen LogP contribution in [0.3, 0.4) is 0 Å². The zero-order valence-corrected chi connectivity index (χ0v) is 19.5. The Kier molecular flexibility index (Phi) is 7.37. The maximum absolute atomic E-state index is 13.7. The van der Waals surface area contributed by atoms with E-state index in [2.05, 4.69) is 5.32 Å². The highest BCUT2D eigenvalue weighted by Gasteiger charge is 2.34. The van der Waals surface area contributed by atoms with Gasteiger partial charge >= 0.3 is 0 Å². The fourth-order valence-electron chi connectivity index (χ4n) is 3.20. The van der Waals surface area contributed by atoms with Crippen LogP contribution in [0.1, 0.15) is 5.56 Å². The number of hydrogen-bond acceptors (Lipinski definition) is 7. The van der Waals surface area contributed by atoms with Gasteiger partial charge in [0.05, 0.1) is 24.8 Å². The number of amides is 1. The first-order valence-corrected chi connectivity index (χ1v) is 11.5. The smallest absolute Gasteiger partial charge is 0.289 e. The summed E-state index contributed by atoms with van der Waals surface area (Å²) >= 11 is 0. The number of nitro groups is 1. The van der Waals surface area contributed by atoms with Crippen LogP contribution in [-0.4, -0.2) is 40.0 Å². The quantitative estimate of drug-likeness (QED) is 0.361. The van der Waals surface area contributed by atoms with Crippen LogP contribution in [0.15, 0.2) is 71.6 Å². The third-order valence-electron chi connectivity index (χ3n) is 4.91. The Morgan fingerprint density at radius 3 is 2.32 bits per heavy atom. The van der Waals surface area contributed by atoms with Crippen molar-refractivity contribution < 1.29 is 27.6 Å². The Bertz CT molecular complexity index is 1310. The largest absolute Gasteiger partial charge is 0.497 e. The summed E-state index contributed by atoms with van der Waals surface area (Å²) < 4.78 is 38.6. The summed E-state index contributed by atoms with van der Waals surface area (Å²) in [5.41, 5.74) is 0.862. The number of anilines is 2. The third-order valence-corrected chi connectivity index (χ3v) is 6.72. The van der Waals surface area contributed by atoms with Crippen LogP contribution in [0.25, 0.3) is 0 Å². The predicted molar refractivity (Wildman–Crippen MR) is 127 cm³/mol. The van der Waals surface area contributed by atoms with Gasteiger partial charge in [0.25, 0.3) is 15.7 Å². The van der Waals surface area contributed by atoms with Gasteiger partial charge in [-0.3, -0.25) is 19.2 Å². The van der Waals surface area contributed by atoms with Gasteiger partial charge in [-0.25, -0.2) is 8.42 Å². The standard InChI is InChI=1S/C23H23N3O7S/c1-16-8-10-17(11-9-16)24-23(27)15-25(19-13-12-18(32-2)14-21(19)33-3)34(30,31)22-7-5-4-6-20(22)26(28)29/h4-14H,15H2,1-3H3,(H,24,27). The number of rotatable bonds is 9. The minimum absolute atomic E-state index is 0.0144. The number of nitrogens with one attached hydrogen (secondary N) is 1. The monoisotopic (exact) mass is 485 g/mol. The Labute approximate surface area is 196 Å². The van der Waals surface area contributed by atoms with E-state index in [9.17, 15) is 23.3 Å². The fraction of sp³-hybridized carbons (Fsp3) is 0.174. The molecule has 0 aliphatic carbocycles. The molecule has 0 unspecified atom stereocenters. The van der Waals surface area contributed by atoms with E-state index in [0.29, 0.717) is 11.4 Å². The molecule has 1 amide bonds. The molecule has 10 nitrogen and oxygen atoms in total. The van der Waals surface area contributed by atoms with E-state index >= 15 is 0 Å². The molecule has 1 N–H and O–H groups in total. The van der Waals surface area contributed by atoms with E-state index in [-0.39, 0.29) is 11.4 Å². The van der Waals surface area contributed by atoms with Crippen LogP contribution < -0.4 is 19.1 Å². The van der Waals surface area contributed by atoms with Gasteiger partial charge in [-0.1, -0.05) is 29.8 Å². The first kappa shape index (κ1) is 24.5. The molecular formula is C23H23N3O7S. The molecule has 0 aliphatic heterocycles. The van der Waals surface area contributed by atoms with Crippen molar-refractivity contribution in [2.75, 3.05) is 30.4 Å². The molecule has 0 saturated carbocycles. The fourth-order valence-corrected chi connectivity index (χ4v) is 4.80. The SMILES string of the molecule is COc1ccc(N(CC(=O)Nc2ccc(C)cc2)S(=O)(=O)c2ccccc2[N+](=O)[O-])c(OC)c1. The molecule has 178 valence electrons. The molecule has 0 aliphatic rings. The number of ether oxygens (including phenoxy) is 2. The topological polar surface area (TPSA) is 128 Å². The summed E-state index contributed by atoms with van der Waals surface area (Å²) in [7, 11) is -1.80. The summed E-state index contributed by atoms with van der Waals surface area (Å²) in [6.07, 6.45) is 0. The molecule has 0 saturated heterocycles. The highest BCUT2D eigenvalue weighted by Crippen LogP contribution is 2.37. The van der Waals surface area contributed by atoms with Crippen molar-refractivity contribution in [2.24, 2.45) is 0 Å². The summed E-state index contributed by atoms with van der Waals surface area (Å²) in [5, 5.41) is 14.2. The molecule has 0 atom stereocenters. The van der Waals surface area contributed by atoms with Crippen molar-refractivity contribution in [2.45, 2.75) is 11.8 Å². The lowest BCUT2D eigenvalue weighted by atomic mass is 10.2. The second-order valence-corrected chi connectivity index (χ2v) is 9.02.